The van der Waals surface area contributed by atoms with Crippen molar-refractivity contribution in [3.63, 3.8) is 0 Å². The van der Waals surface area contributed by atoms with Gasteiger partial charge in [-0.15, -0.1) is 0 Å². The van der Waals surface area contributed by atoms with E-state index in [1.54, 1.807) is 24.3 Å². The highest BCUT2D eigenvalue weighted by Crippen LogP contribution is 2.41. The molecule has 0 unspecified atom stereocenters. The van der Waals surface area contributed by atoms with Crippen molar-refractivity contribution in [3.8, 4) is 28.3 Å². The van der Waals surface area contributed by atoms with Crippen LogP contribution in [-0.2, 0) is 10.0 Å². The van der Waals surface area contributed by atoms with Gasteiger partial charge in [0.1, 0.15) is 0 Å². The molecule has 10 heteroatoms. The minimum Gasteiger partial charge on any atom is -0.454 e. The molecule has 27 heavy (non-hydrogen) atoms. The molecular formula is C17H13F2N3O4S. The van der Waals surface area contributed by atoms with Crippen molar-refractivity contribution in [2.24, 2.45) is 5.14 Å². The summed E-state index contributed by atoms with van der Waals surface area (Å²) in [5.41, 5.74) is 0.232. The smallest absolute Gasteiger partial charge is 0.265 e. The van der Waals surface area contributed by atoms with E-state index in [1.165, 1.54) is 23.1 Å². The number of ether oxygens (including phenoxy) is 2. The van der Waals surface area contributed by atoms with E-state index in [9.17, 15) is 17.2 Å². The monoisotopic (exact) mass is 393 g/mol. The van der Waals surface area contributed by atoms with E-state index in [-0.39, 0.29) is 18.0 Å². The Labute approximate surface area is 153 Å². The second-order valence-corrected chi connectivity index (χ2v) is 7.33. The number of benzene rings is 2. The molecule has 2 N–H and O–H groups in total. The number of nitrogens with two attached hydrogens (primary N) is 1. The molecule has 1 aromatic heterocycles. The highest BCUT2D eigenvalue weighted by Gasteiger charge is 2.25. The molecule has 0 fully saturated rings. The van der Waals surface area contributed by atoms with Crippen molar-refractivity contribution >= 4 is 10.0 Å². The van der Waals surface area contributed by atoms with Crippen LogP contribution in [0.3, 0.4) is 0 Å². The van der Waals surface area contributed by atoms with Crippen molar-refractivity contribution in [2.75, 3.05) is 6.79 Å². The number of rotatable bonds is 4. The van der Waals surface area contributed by atoms with Gasteiger partial charge in [-0.2, -0.15) is 5.10 Å². The van der Waals surface area contributed by atoms with Crippen molar-refractivity contribution in [3.05, 3.63) is 54.4 Å². The lowest BCUT2D eigenvalue weighted by Gasteiger charge is -2.17. The van der Waals surface area contributed by atoms with Gasteiger partial charge in [0.15, 0.2) is 11.5 Å². The molecule has 2 aromatic carbocycles. The first kappa shape index (κ1) is 17.4. The quantitative estimate of drug-likeness (QED) is 0.735. The number of sulfonamides is 1. The minimum absolute atomic E-state index is 0.0459. The molecule has 0 saturated carbocycles. The SMILES string of the molecule is NS(=O)(=O)c1cc(-c2ccc3c(c2)OCO3)c(-n2cccn2)c(C(F)F)c1. The molecule has 140 valence electrons. The Morgan fingerprint density at radius 1 is 1.15 bits per heavy atom. The summed E-state index contributed by atoms with van der Waals surface area (Å²) in [6.07, 6.45) is -0.0146. The molecule has 7 nitrogen and oxygen atoms in total. The van der Waals surface area contributed by atoms with Crippen LogP contribution >= 0.6 is 0 Å². The topological polar surface area (TPSA) is 96.4 Å². The van der Waals surface area contributed by atoms with Gasteiger partial charge in [-0.1, -0.05) is 6.07 Å². The second kappa shape index (κ2) is 6.32. The van der Waals surface area contributed by atoms with Crippen LogP contribution in [0.2, 0.25) is 0 Å². The molecule has 0 radical (unpaired) electrons. The maximum atomic E-state index is 13.8. The van der Waals surface area contributed by atoms with Gasteiger partial charge in [0.25, 0.3) is 6.43 Å². The highest BCUT2D eigenvalue weighted by molar-refractivity contribution is 7.89. The van der Waals surface area contributed by atoms with Gasteiger partial charge < -0.3 is 9.47 Å². The summed E-state index contributed by atoms with van der Waals surface area (Å²) >= 11 is 0. The molecule has 3 aromatic rings. The van der Waals surface area contributed by atoms with Crippen LogP contribution in [0.25, 0.3) is 16.8 Å². The van der Waals surface area contributed by atoms with Crippen LogP contribution in [0, 0.1) is 0 Å². The zero-order chi connectivity index (χ0) is 19.2. The maximum absolute atomic E-state index is 13.8. The zero-order valence-electron chi connectivity index (χ0n) is 13.7. The lowest BCUT2D eigenvalue weighted by atomic mass is 9.99. The molecule has 0 saturated heterocycles. The van der Waals surface area contributed by atoms with Gasteiger partial charge in [-0.25, -0.2) is 27.0 Å². The van der Waals surface area contributed by atoms with Crippen molar-refractivity contribution < 1.29 is 26.7 Å². The van der Waals surface area contributed by atoms with Crippen molar-refractivity contribution in [1.82, 2.24) is 9.78 Å². The van der Waals surface area contributed by atoms with E-state index < -0.39 is 26.9 Å². The first-order chi connectivity index (χ1) is 12.8. The van der Waals surface area contributed by atoms with Crippen LogP contribution in [0.4, 0.5) is 8.78 Å². The Balaban J connectivity index is 2.05. The highest BCUT2D eigenvalue weighted by atomic mass is 32.2. The average molecular weight is 393 g/mol. The predicted molar refractivity (Wildman–Crippen MR) is 91.5 cm³/mol. The second-order valence-electron chi connectivity index (χ2n) is 5.77. The number of halogens is 2. The fourth-order valence-corrected chi connectivity index (χ4v) is 3.47. The molecule has 4 rings (SSSR count). The molecule has 1 aliphatic heterocycles. The van der Waals surface area contributed by atoms with Gasteiger partial charge >= 0.3 is 0 Å². The van der Waals surface area contributed by atoms with E-state index in [1.807, 2.05) is 0 Å². The molecule has 0 aliphatic carbocycles. The van der Waals surface area contributed by atoms with E-state index in [4.69, 9.17) is 14.6 Å². The zero-order valence-corrected chi connectivity index (χ0v) is 14.5. The Morgan fingerprint density at radius 3 is 2.59 bits per heavy atom. The number of nitrogens with zero attached hydrogens (tertiary/aromatic N) is 2. The fourth-order valence-electron chi connectivity index (χ4n) is 2.90. The van der Waals surface area contributed by atoms with Gasteiger partial charge in [0.2, 0.25) is 16.8 Å². The van der Waals surface area contributed by atoms with Crippen LogP contribution in [0.1, 0.15) is 12.0 Å². The van der Waals surface area contributed by atoms with Crippen LogP contribution < -0.4 is 14.6 Å². The third kappa shape index (κ3) is 3.13. The third-order valence-electron chi connectivity index (χ3n) is 4.09. The van der Waals surface area contributed by atoms with Gasteiger partial charge in [-0.3, -0.25) is 0 Å². The van der Waals surface area contributed by atoms with Crippen LogP contribution in [0.15, 0.2) is 53.7 Å². The lowest BCUT2D eigenvalue weighted by molar-refractivity contribution is 0.151. The summed E-state index contributed by atoms with van der Waals surface area (Å²) in [5, 5.41) is 9.22. The van der Waals surface area contributed by atoms with E-state index in [0.29, 0.717) is 17.1 Å². The first-order valence-corrected chi connectivity index (χ1v) is 9.28. The lowest BCUT2D eigenvalue weighted by Crippen LogP contribution is -2.14. The molecule has 1 aliphatic rings. The van der Waals surface area contributed by atoms with Crippen LogP contribution in [0.5, 0.6) is 11.5 Å². The average Bonchev–Trinajstić information content (AvgIpc) is 3.30. The van der Waals surface area contributed by atoms with Gasteiger partial charge in [-0.05, 0) is 35.9 Å². The number of hydrogen-bond acceptors (Lipinski definition) is 5. The molecule has 0 atom stereocenters. The largest absolute Gasteiger partial charge is 0.454 e. The Hall–Kier alpha value is -2.98. The summed E-state index contributed by atoms with van der Waals surface area (Å²) in [6, 6.07) is 8.52. The van der Waals surface area contributed by atoms with E-state index >= 15 is 0 Å². The summed E-state index contributed by atoms with van der Waals surface area (Å²) in [4.78, 5) is -0.415. The minimum atomic E-state index is -4.21. The predicted octanol–water partition coefficient (Wildman–Crippen LogP) is 2.85. The molecular weight excluding hydrogens is 380 g/mol. The van der Waals surface area contributed by atoms with Gasteiger partial charge in [0, 0.05) is 23.5 Å². The Kier molecular flexibility index (Phi) is 4.08. The van der Waals surface area contributed by atoms with Gasteiger partial charge in [0.05, 0.1) is 10.6 Å². The van der Waals surface area contributed by atoms with Crippen LogP contribution in [-0.4, -0.2) is 25.0 Å². The third-order valence-corrected chi connectivity index (χ3v) is 4.99. The standard InChI is InChI=1S/C17H13F2N3O4S/c18-17(19)13-8-11(27(20,23)24)7-12(16(13)22-5-1-4-21-22)10-2-3-14-15(6-10)26-9-25-14/h1-8,17H,9H2,(H2,20,23,24). The molecule has 0 amide bonds. The molecule has 0 bridgehead atoms. The molecule has 2 heterocycles. The molecule has 0 spiro atoms. The maximum Gasteiger partial charge on any atom is 0.265 e. The summed E-state index contributed by atoms with van der Waals surface area (Å²) < 4.78 is 63.1. The van der Waals surface area contributed by atoms with Crippen molar-refractivity contribution in [2.45, 2.75) is 11.3 Å². The summed E-state index contributed by atoms with van der Waals surface area (Å²) in [7, 11) is -4.21. The Bertz CT molecular complexity index is 1120. The van der Waals surface area contributed by atoms with E-state index in [0.717, 1.165) is 6.07 Å². The summed E-state index contributed by atoms with van der Waals surface area (Å²) in [6.45, 7) is 0.0459. The number of primary sulfonamides is 1. The Morgan fingerprint density at radius 2 is 1.93 bits per heavy atom. The number of aromatic nitrogens is 2. The normalized spacial score (nSPS) is 13.3. The van der Waals surface area contributed by atoms with Crippen molar-refractivity contribution in [1.29, 1.82) is 0 Å². The number of hydrogen-bond donors (Lipinski definition) is 1. The summed E-state index contributed by atoms with van der Waals surface area (Å²) in [5.74, 6) is 0.939. The number of fused-ring (bicyclic) bond motifs is 1. The fraction of sp³-hybridized carbons (Fsp3) is 0.118. The number of alkyl halides is 2. The van der Waals surface area contributed by atoms with E-state index in [2.05, 4.69) is 5.10 Å². The first-order valence-electron chi connectivity index (χ1n) is 7.73.